The van der Waals surface area contributed by atoms with Gasteiger partial charge in [-0.25, -0.2) is 17.8 Å². The molecule has 1 aromatic carbocycles. The number of aliphatic hydroxyl groups is 1. The largest absolute Gasteiger partial charge is 0.512 e. The lowest BCUT2D eigenvalue weighted by Crippen LogP contribution is -2.36. The predicted molar refractivity (Wildman–Crippen MR) is 134 cm³/mol. The third kappa shape index (κ3) is 5.13. The summed E-state index contributed by atoms with van der Waals surface area (Å²) >= 11 is 12.6. The van der Waals surface area contributed by atoms with Crippen LogP contribution in [0.5, 0.6) is 0 Å². The van der Waals surface area contributed by atoms with Crippen molar-refractivity contribution in [1.82, 2.24) is 9.38 Å². The number of hydrogen-bond acceptors (Lipinski definition) is 6. The third-order valence-electron chi connectivity index (χ3n) is 5.52. The molecule has 0 aliphatic carbocycles. The van der Waals surface area contributed by atoms with Crippen LogP contribution in [-0.2, 0) is 9.84 Å². The van der Waals surface area contributed by atoms with E-state index in [-0.39, 0.29) is 43.8 Å². The van der Waals surface area contributed by atoms with Crippen LogP contribution in [-0.4, -0.2) is 28.7 Å². The zero-order valence-corrected chi connectivity index (χ0v) is 20.9. The molecule has 3 rings (SSSR count). The number of halogens is 2. The molecule has 10 heteroatoms. The van der Waals surface area contributed by atoms with Crippen molar-refractivity contribution in [2.45, 2.75) is 57.3 Å². The summed E-state index contributed by atoms with van der Waals surface area (Å²) in [6.45, 7) is 3.42. The van der Waals surface area contributed by atoms with Crippen LogP contribution >= 0.6 is 23.2 Å². The summed E-state index contributed by atoms with van der Waals surface area (Å²) in [5, 5.41) is 10.1. The van der Waals surface area contributed by atoms with Gasteiger partial charge in [-0.2, -0.15) is 0 Å². The number of aromatic nitrogens is 2. The van der Waals surface area contributed by atoms with Crippen molar-refractivity contribution in [1.29, 1.82) is 0 Å². The summed E-state index contributed by atoms with van der Waals surface area (Å²) in [5.74, 6) is -0.709. The van der Waals surface area contributed by atoms with E-state index in [1.54, 1.807) is 24.3 Å². The van der Waals surface area contributed by atoms with E-state index in [9.17, 15) is 18.3 Å². The maximum Gasteiger partial charge on any atom is 0.271 e. The molecule has 0 aliphatic heterocycles. The highest BCUT2D eigenvalue weighted by atomic mass is 35.5. The Morgan fingerprint density at radius 2 is 1.70 bits per heavy atom. The first-order chi connectivity index (χ1) is 15.6. The van der Waals surface area contributed by atoms with Gasteiger partial charge >= 0.3 is 0 Å². The molecule has 0 saturated heterocycles. The Balaban J connectivity index is 2.24. The number of unbranched alkanes of at least 4 members (excludes halogenated alkanes) is 5. The van der Waals surface area contributed by atoms with E-state index >= 15 is 0 Å². The van der Waals surface area contributed by atoms with E-state index in [1.165, 1.54) is 6.92 Å². The molecule has 0 unspecified atom stereocenters. The van der Waals surface area contributed by atoms with Crippen LogP contribution in [0, 0.1) is 0 Å². The van der Waals surface area contributed by atoms with Crippen molar-refractivity contribution in [3.8, 4) is 11.1 Å². The first-order valence-electron chi connectivity index (χ1n) is 10.8. The molecule has 33 heavy (non-hydrogen) atoms. The standard InChI is InChI=1S/C23H27Cl2N3O4S/c1-3-4-5-6-7-8-13-33(31,32)19-18(15-9-11-16(24)12-10-15)20(25)28-22(19)27-21(26)17(14(2)29)23(28)30/h9-12,29H,3-8,13H2,1-2H3,(H2,26,27). The molecule has 3 aromatic rings. The van der Waals surface area contributed by atoms with Gasteiger partial charge < -0.3 is 10.8 Å². The Morgan fingerprint density at radius 3 is 2.30 bits per heavy atom. The van der Waals surface area contributed by atoms with Gasteiger partial charge in [0.1, 0.15) is 26.8 Å². The summed E-state index contributed by atoms with van der Waals surface area (Å²) in [7, 11) is -3.88. The minimum atomic E-state index is -3.88. The Hall–Kier alpha value is -2.29. The van der Waals surface area contributed by atoms with E-state index in [1.807, 2.05) is 0 Å². The lowest BCUT2D eigenvalue weighted by molar-refractivity contribution is 0.498. The normalized spacial score (nSPS) is 13.0. The Bertz CT molecular complexity index is 1380. The second-order valence-electron chi connectivity index (χ2n) is 8.01. The van der Waals surface area contributed by atoms with Gasteiger partial charge in [-0.3, -0.25) is 4.79 Å². The van der Waals surface area contributed by atoms with Gasteiger partial charge in [0.25, 0.3) is 5.56 Å². The number of aliphatic hydroxyl groups excluding tert-OH is 1. The van der Waals surface area contributed by atoms with E-state index < -0.39 is 15.4 Å². The second-order valence-corrected chi connectivity index (χ2v) is 10.9. The van der Waals surface area contributed by atoms with Gasteiger partial charge in [0.05, 0.1) is 5.75 Å². The quantitative estimate of drug-likeness (QED) is 0.399. The molecule has 0 fully saturated rings. The van der Waals surface area contributed by atoms with E-state index in [2.05, 4.69) is 11.9 Å². The van der Waals surface area contributed by atoms with Gasteiger partial charge in [0.2, 0.25) is 0 Å². The summed E-state index contributed by atoms with van der Waals surface area (Å²) in [6.07, 6.45) is 5.49. The summed E-state index contributed by atoms with van der Waals surface area (Å²) in [5.41, 5.74) is 5.67. The fraction of sp³-hybridized carbons (Fsp3) is 0.391. The van der Waals surface area contributed by atoms with Gasteiger partial charge in [0, 0.05) is 10.6 Å². The Labute approximate surface area is 202 Å². The van der Waals surface area contributed by atoms with Crippen LogP contribution in [0.15, 0.2) is 34.0 Å². The molecular weight excluding hydrogens is 485 g/mol. The smallest absolute Gasteiger partial charge is 0.271 e. The molecule has 0 radical (unpaired) electrons. The number of sulfone groups is 1. The number of nitrogens with zero attached hydrogens (tertiary/aromatic N) is 2. The van der Waals surface area contributed by atoms with Crippen molar-refractivity contribution < 1.29 is 13.5 Å². The number of nitrogen functional groups attached to an aromatic ring is 1. The average molecular weight is 512 g/mol. The fourth-order valence-electron chi connectivity index (χ4n) is 3.87. The van der Waals surface area contributed by atoms with Gasteiger partial charge in [-0.1, -0.05) is 74.4 Å². The zero-order valence-electron chi connectivity index (χ0n) is 18.6. The molecule has 0 spiro atoms. The van der Waals surface area contributed by atoms with E-state index in [4.69, 9.17) is 28.9 Å². The molecule has 7 nitrogen and oxygen atoms in total. The summed E-state index contributed by atoms with van der Waals surface area (Å²) in [4.78, 5) is 17.2. The highest BCUT2D eigenvalue weighted by molar-refractivity contribution is 7.91. The van der Waals surface area contributed by atoms with Gasteiger partial charge in [-0.05, 0) is 31.0 Å². The number of benzene rings is 1. The van der Waals surface area contributed by atoms with Crippen molar-refractivity contribution in [2.24, 2.45) is 0 Å². The third-order valence-corrected chi connectivity index (χ3v) is 7.96. The van der Waals surface area contributed by atoms with Crippen LogP contribution < -0.4 is 16.5 Å². The Kier molecular flexibility index (Phi) is 7.92. The van der Waals surface area contributed by atoms with Crippen LogP contribution in [0.3, 0.4) is 0 Å². The number of hydrogen-bond donors (Lipinski definition) is 2. The van der Waals surface area contributed by atoms with Gasteiger partial charge in [-0.15, -0.1) is 0 Å². The topological polar surface area (TPSA) is 115 Å². The molecule has 0 amide bonds. The summed E-state index contributed by atoms with van der Waals surface area (Å²) < 4.78 is 28.0. The molecule has 0 aliphatic rings. The maximum absolute atomic E-state index is 13.5. The van der Waals surface area contributed by atoms with E-state index in [0.29, 0.717) is 17.0 Å². The molecule has 0 atom stereocenters. The summed E-state index contributed by atoms with van der Waals surface area (Å²) in [6, 6.07) is 6.48. The molecule has 0 bridgehead atoms. The molecule has 2 aromatic heterocycles. The average Bonchev–Trinajstić information content (AvgIpc) is 3.04. The second kappa shape index (κ2) is 10.3. The monoisotopic (exact) mass is 511 g/mol. The van der Waals surface area contributed by atoms with Crippen molar-refractivity contribution in [3.63, 3.8) is 0 Å². The number of rotatable bonds is 9. The molecule has 2 heterocycles. The zero-order chi connectivity index (χ0) is 24.3. The highest BCUT2D eigenvalue weighted by Crippen LogP contribution is 2.39. The molecule has 0 saturated carbocycles. The number of fused-ring (bicyclic) bond motifs is 1. The van der Waals surface area contributed by atoms with Crippen molar-refractivity contribution >= 4 is 50.3 Å². The number of nitrogens with two attached hydrogens (primary N) is 1. The predicted octanol–water partition coefficient (Wildman–Crippen LogP) is 4.79. The van der Waals surface area contributed by atoms with Crippen LogP contribution in [0.4, 0.5) is 5.82 Å². The van der Waals surface area contributed by atoms with Crippen LogP contribution in [0.25, 0.3) is 22.5 Å². The maximum atomic E-state index is 13.5. The minimum Gasteiger partial charge on any atom is -0.512 e. The SMILES string of the molecule is CCCCCCCCS(=O)(=O)c1c(-c2ccc(Cl)cc2)c(Cl)n2c(=O)c(=C(C)O)c(N)nc12. The lowest BCUT2D eigenvalue weighted by atomic mass is 10.1. The first-order valence-corrected chi connectivity index (χ1v) is 13.2. The van der Waals surface area contributed by atoms with Gasteiger partial charge in [0.15, 0.2) is 15.5 Å². The molecule has 178 valence electrons. The molecular formula is C23H27Cl2N3O4S. The van der Waals surface area contributed by atoms with Crippen LogP contribution in [0.2, 0.25) is 10.2 Å². The highest BCUT2D eigenvalue weighted by Gasteiger charge is 2.31. The molecule has 3 N–H and O–H groups in total. The minimum absolute atomic E-state index is 0.113. The van der Waals surface area contributed by atoms with Crippen molar-refractivity contribution in [2.75, 3.05) is 11.5 Å². The fourth-order valence-corrected chi connectivity index (χ4v) is 6.14. The van der Waals surface area contributed by atoms with Crippen molar-refractivity contribution in [3.05, 3.63) is 50.0 Å². The lowest BCUT2D eigenvalue weighted by Gasteiger charge is -2.08. The van der Waals surface area contributed by atoms with E-state index in [0.717, 1.165) is 36.5 Å². The first kappa shape index (κ1) is 25.3. The van der Waals surface area contributed by atoms with Crippen LogP contribution in [0.1, 0.15) is 52.4 Å². The Morgan fingerprint density at radius 1 is 1.09 bits per heavy atom. The number of anilines is 1.